The van der Waals surface area contributed by atoms with E-state index in [1.54, 1.807) is 6.92 Å². The van der Waals surface area contributed by atoms with Gasteiger partial charge in [0, 0.05) is 6.04 Å². The van der Waals surface area contributed by atoms with Crippen LogP contribution in [0.1, 0.15) is 25.5 Å². The lowest BCUT2D eigenvalue weighted by molar-refractivity contribution is -0.141. The molecule has 5 heteroatoms. The van der Waals surface area contributed by atoms with Gasteiger partial charge in [-0.2, -0.15) is 0 Å². The highest BCUT2D eigenvalue weighted by atomic mass is 16.4. The minimum Gasteiger partial charge on any atom is -0.480 e. The molecule has 18 heavy (non-hydrogen) atoms. The number of hydrogen-bond donors (Lipinski definition) is 3. The lowest BCUT2D eigenvalue weighted by atomic mass is 9.94. The molecule has 0 heterocycles. The van der Waals surface area contributed by atoms with Crippen LogP contribution < -0.4 is 11.1 Å². The summed E-state index contributed by atoms with van der Waals surface area (Å²) in [6.07, 6.45) is 0. The standard InChI is InChI=1S/C13H18N2O3/c1-8(12(16)15-9(2)13(17)18)11(14)10-6-4-3-5-7-10/h3-9,11H,14H2,1-2H3,(H,15,16)(H,17,18)/t8?,9-,11?/m1/s1. The molecule has 1 aromatic rings. The quantitative estimate of drug-likeness (QED) is 0.724. The Bertz CT molecular complexity index is 420. The lowest BCUT2D eigenvalue weighted by Gasteiger charge is -2.21. The number of carboxylic acids is 1. The highest BCUT2D eigenvalue weighted by Gasteiger charge is 2.24. The predicted octanol–water partition coefficient (Wildman–Crippen LogP) is 0.912. The van der Waals surface area contributed by atoms with Crippen LogP contribution in [0.15, 0.2) is 30.3 Å². The van der Waals surface area contributed by atoms with Gasteiger partial charge in [0.25, 0.3) is 0 Å². The molecular weight excluding hydrogens is 232 g/mol. The van der Waals surface area contributed by atoms with E-state index < -0.39 is 24.0 Å². The number of benzene rings is 1. The molecule has 0 radical (unpaired) electrons. The minimum atomic E-state index is -1.07. The molecule has 0 saturated heterocycles. The minimum absolute atomic E-state index is 0.360. The molecule has 0 aliphatic heterocycles. The summed E-state index contributed by atoms with van der Waals surface area (Å²) in [5.41, 5.74) is 6.83. The first-order valence-corrected chi connectivity index (χ1v) is 5.77. The van der Waals surface area contributed by atoms with Gasteiger partial charge in [-0.1, -0.05) is 37.3 Å². The SMILES string of the molecule is CC(C(=O)N[C@H](C)C(=O)O)C(N)c1ccccc1. The van der Waals surface area contributed by atoms with Crippen LogP contribution in [0.2, 0.25) is 0 Å². The second kappa shape index (κ2) is 6.16. The van der Waals surface area contributed by atoms with E-state index in [1.165, 1.54) is 6.92 Å². The average molecular weight is 250 g/mol. The first-order chi connectivity index (χ1) is 8.43. The van der Waals surface area contributed by atoms with Gasteiger partial charge in [0.05, 0.1) is 5.92 Å². The molecule has 0 bridgehead atoms. The van der Waals surface area contributed by atoms with Gasteiger partial charge in [-0.3, -0.25) is 9.59 Å². The van der Waals surface area contributed by atoms with Crippen molar-refractivity contribution < 1.29 is 14.7 Å². The van der Waals surface area contributed by atoms with Crippen molar-refractivity contribution in [2.24, 2.45) is 11.7 Å². The smallest absolute Gasteiger partial charge is 0.325 e. The molecule has 0 fully saturated rings. The van der Waals surface area contributed by atoms with E-state index in [1.807, 2.05) is 30.3 Å². The van der Waals surface area contributed by atoms with Crippen molar-refractivity contribution in [3.05, 3.63) is 35.9 Å². The topological polar surface area (TPSA) is 92.4 Å². The summed E-state index contributed by atoms with van der Waals surface area (Å²) in [6, 6.07) is 7.88. The summed E-state index contributed by atoms with van der Waals surface area (Å²) in [7, 11) is 0. The van der Waals surface area contributed by atoms with E-state index in [0.717, 1.165) is 5.56 Å². The van der Waals surface area contributed by atoms with Crippen molar-refractivity contribution in [1.29, 1.82) is 0 Å². The Morgan fingerprint density at radius 1 is 1.22 bits per heavy atom. The molecule has 1 aromatic carbocycles. The van der Waals surface area contributed by atoms with Crippen LogP contribution in [0.4, 0.5) is 0 Å². The molecule has 0 aliphatic carbocycles. The molecule has 0 aliphatic rings. The Kier molecular flexibility index (Phi) is 4.85. The van der Waals surface area contributed by atoms with Gasteiger partial charge in [0.15, 0.2) is 0 Å². The number of rotatable bonds is 5. The first-order valence-electron chi connectivity index (χ1n) is 5.77. The fraction of sp³-hybridized carbons (Fsp3) is 0.385. The van der Waals surface area contributed by atoms with Crippen molar-refractivity contribution in [3.63, 3.8) is 0 Å². The maximum Gasteiger partial charge on any atom is 0.325 e. The Labute approximate surface area is 106 Å². The monoisotopic (exact) mass is 250 g/mol. The van der Waals surface area contributed by atoms with Gasteiger partial charge in [-0.15, -0.1) is 0 Å². The summed E-state index contributed by atoms with van der Waals surface area (Å²) in [4.78, 5) is 22.5. The molecular formula is C13H18N2O3. The van der Waals surface area contributed by atoms with Gasteiger partial charge in [-0.25, -0.2) is 0 Å². The van der Waals surface area contributed by atoms with E-state index in [4.69, 9.17) is 10.8 Å². The molecule has 0 spiro atoms. The maximum atomic E-state index is 11.8. The summed E-state index contributed by atoms with van der Waals surface area (Å²) in [6.45, 7) is 3.10. The molecule has 1 amide bonds. The van der Waals surface area contributed by atoms with Crippen molar-refractivity contribution in [3.8, 4) is 0 Å². The van der Waals surface area contributed by atoms with Crippen molar-refractivity contribution >= 4 is 11.9 Å². The highest BCUT2D eigenvalue weighted by molar-refractivity contribution is 5.85. The fourth-order valence-electron chi connectivity index (χ4n) is 1.53. The number of carboxylic acid groups (broad SMARTS) is 1. The molecule has 0 aromatic heterocycles. The van der Waals surface area contributed by atoms with Crippen LogP contribution in [0, 0.1) is 5.92 Å². The van der Waals surface area contributed by atoms with Crippen molar-refractivity contribution in [2.45, 2.75) is 25.9 Å². The number of hydrogen-bond acceptors (Lipinski definition) is 3. The van der Waals surface area contributed by atoms with Gasteiger partial charge in [-0.05, 0) is 12.5 Å². The number of aliphatic carboxylic acids is 1. The Balaban J connectivity index is 2.67. The Morgan fingerprint density at radius 3 is 2.28 bits per heavy atom. The van der Waals surface area contributed by atoms with E-state index >= 15 is 0 Å². The fourth-order valence-corrected chi connectivity index (χ4v) is 1.53. The molecule has 4 N–H and O–H groups in total. The van der Waals surface area contributed by atoms with Gasteiger partial charge >= 0.3 is 5.97 Å². The number of nitrogens with two attached hydrogens (primary N) is 1. The zero-order valence-corrected chi connectivity index (χ0v) is 10.5. The highest BCUT2D eigenvalue weighted by Crippen LogP contribution is 2.19. The van der Waals surface area contributed by atoms with E-state index in [9.17, 15) is 9.59 Å². The van der Waals surface area contributed by atoms with E-state index in [2.05, 4.69) is 5.32 Å². The number of carbonyl (C=O) groups is 2. The van der Waals surface area contributed by atoms with Crippen LogP contribution in [0.25, 0.3) is 0 Å². The summed E-state index contributed by atoms with van der Waals surface area (Å²) < 4.78 is 0. The number of amides is 1. The van der Waals surface area contributed by atoms with Gasteiger partial charge < -0.3 is 16.2 Å². The molecule has 5 nitrogen and oxygen atoms in total. The predicted molar refractivity (Wildman–Crippen MR) is 67.8 cm³/mol. The molecule has 3 atom stereocenters. The van der Waals surface area contributed by atoms with Gasteiger partial charge in [0.2, 0.25) is 5.91 Å². The third kappa shape index (κ3) is 3.56. The van der Waals surface area contributed by atoms with Crippen LogP contribution in [0.3, 0.4) is 0 Å². The van der Waals surface area contributed by atoms with Gasteiger partial charge in [0.1, 0.15) is 6.04 Å². The van der Waals surface area contributed by atoms with Crippen LogP contribution in [0.5, 0.6) is 0 Å². The molecule has 0 saturated carbocycles. The van der Waals surface area contributed by atoms with Crippen molar-refractivity contribution in [2.75, 3.05) is 0 Å². The maximum absolute atomic E-state index is 11.8. The number of carbonyl (C=O) groups excluding carboxylic acids is 1. The Hall–Kier alpha value is -1.88. The zero-order chi connectivity index (χ0) is 13.7. The van der Waals surface area contributed by atoms with Crippen LogP contribution >= 0.6 is 0 Å². The van der Waals surface area contributed by atoms with Crippen molar-refractivity contribution in [1.82, 2.24) is 5.32 Å². The molecule has 98 valence electrons. The summed E-state index contributed by atoms with van der Waals surface area (Å²) in [5, 5.41) is 11.1. The van der Waals surface area contributed by atoms with Crippen LogP contribution in [-0.4, -0.2) is 23.0 Å². The van der Waals surface area contributed by atoms with E-state index in [0.29, 0.717) is 0 Å². The third-order valence-corrected chi connectivity index (χ3v) is 2.87. The van der Waals surface area contributed by atoms with Crippen LogP contribution in [-0.2, 0) is 9.59 Å². The third-order valence-electron chi connectivity index (χ3n) is 2.87. The Morgan fingerprint density at radius 2 is 1.78 bits per heavy atom. The summed E-state index contributed by atoms with van der Waals surface area (Å²) >= 11 is 0. The molecule has 2 unspecified atom stereocenters. The largest absolute Gasteiger partial charge is 0.480 e. The number of nitrogens with one attached hydrogen (secondary N) is 1. The average Bonchev–Trinajstić information content (AvgIpc) is 2.37. The zero-order valence-electron chi connectivity index (χ0n) is 10.5. The second-order valence-electron chi connectivity index (χ2n) is 4.29. The lowest BCUT2D eigenvalue weighted by Crippen LogP contribution is -2.43. The first kappa shape index (κ1) is 14.2. The second-order valence-corrected chi connectivity index (χ2v) is 4.29. The molecule has 1 rings (SSSR count). The van der Waals surface area contributed by atoms with E-state index in [-0.39, 0.29) is 5.91 Å². The normalized spacial score (nSPS) is 15.5. The summed E-state index contributed by atoms with van der Waals surface area (Å²) in [5.74, 6) is -1.92.